The highest BCUT2D eigenvalue weighted by atomic mass is 79.9. The third-order valence-corrected chi connectivity index (χ3v) is 6.20. The summed E-state index contributed by atoms with van der Waals surface area (Å²) in [5.41, 5.74) is 4.46. The smallest absolute Gasteiger partial charge is 0.0338 e. The van der Waals surface area contributed by atoms with Crippen molar-refractivity contribution in [1.82, 2.24) is 5.43 Å². The molecule has 3 N–H and O–H groups in total. The van der Waals surface area contributed by atoms with Crippen LogP contribution < -0.4 is 11.3 Å². The van der Waals surface area contributed by atoms with Crippen LogP contribution in [0.15, 0.2) is 64.0 Å². The molecular weight excluding hydrogens is 344 g/mol. The van der Waals surface area contributed by atoms with Crippen LogP contribution in [0.5, 0.6) is 0 Å². The summed E-state index contributed by atoms with van der Waals surface area (Å²) in [4.78, 5) is 1.27. The molecule has 1 aliphatic rings. The molecule has 0 aromatic heterocycles. The third kappa shape index (κ3) is 3.69. The Morgan fingerprint density at radius 3 is 2.57 bits per heavy atom. The number of hydrogen-bond acceptors (Lipinski definition) is 3. The predicted molar refractivity (Wildman–Crippen MR) is 93.3 cm³/mol. The molecule has 0 amide bonds. The Morgan fingerprint density at radius 1 is 1.14 bits per heavy atom. The molecule has 2 aromatic rings. The zero-order valence-electron chi connectivity index (χ0n) is 11.7. The van der Waals surface area contributed by atoms with Gasteiger partial charge < -0.3 is 0 Å². The zero-order chi connectivity index (χ0) is 14.7. The Balaban J connectivity index is 1.59. The molecule has 3 unspecified atom stereocenters. The van der Waals surface area contributed by atoms with Crippen molar-refractivity contribution in [2.75, 3.05) is 5.75 Å². The lowest BCUT2D eigenvalue weighted by molar-refractivity contribution is 0.511. The molecular formula is C17H19BrN2S. The van der Waals surface area contributed by atoms with Gasteiger partial charge in [-0.05, 0) is 51.9 Å². The fourth-order valence-electron chi connectivity index (χ4n) is 2.78. The lowest BCUT2D eigenvalue weighted by Gasteiger charge is -2.16. The quantitative estimate of drug-likeness (QED) is 0.459. The number of thioether (sulfide) groups is 1. The second kappa shape index (κ2) is 6.97. The number of rotatable bonds is 6. The van der Waals surface area contributed by atoms with Crippen molar-refractivity contribution in [3.8, 4) is 0 Å². The monoisotopic (exact) mass is 362 g/mol. The van der Waals surface area contributed by atoms with Gasteiger partial charge in [-0.15, -0.1) is 11.8 Å². The molecule has 1 saturated carbocycles. The van der Waals surface area contributed by atoms with Crippen LogP contribution in [0.3, 0.4) is 0 Å². The molecule has 0 saturated heterocycles. The van der Waals surface area contributed by atoms with Crippen LogP contribution in [0.25, 0.3) is 0 Å². The second-order valence-corrected chi connectivity index (χ2v) is 7.35. The van der Waals surface area contributed by atoms with Crippen molar-refractivity contribution in [2.24, 2.45) is 11.8 Å². The van der Waals surface area contributed by atoms with E-state index in [2.05, 4.69) is 69.9 Å². The van der Waals surface area contributed by atoms with Gasteiger partial charge in [0.25, 0.3) is 0 Å². The van der Waals surface area contributed by atoms with Crippen molar-refractivity contribution in [3.05, 3.63) is 64.6 Å². The predicted octanol–water partition coefficient (Wildman–Crippen LogP) is 4.18. The minimum Gasteiger partial charge on any atom is -0.271 e. The minimum atomic E-state index is 0.354. The van der Waals surface area contributed by atoms with E-state index >= 15 is 0 Å². The van der Waals surface area contributed by atoms with Gasteiger partial charge in [-0.2, -0.15) is 0 Å². The first-order valence-electron chi connectivity index (χ1n) is 7.18. The first kappa shape index (κ1) is 15.1. The normalized spacial score (nSPS) is 22.0. The van der Waals surface area contributed by atoms with Crippen molar-refractivity contribution in [2.45, 2.75) is 23.3 Å². The van der Waals surface area contributed by atoms with Crippen LogP contribution in [0.2, 0.25) is 0 Å². The molecule has 0 aliphatic heterocycles. The van der Waals surface area contributed by atoms with E-state index in [9.17, 15) is 0 Å². The summed E-state index contributed by atoms with van der Waals surface area (Å²) in [5, 5.41) is 0. The number of benzene rings is 2. The van der Waals surface area contributed by atoms with Gasteiger partial charge in [0.2, 0.25) is 0 Å². The summed E-state index contributed by atoms with van der Waals surface area (Å²) in [7, 11) is 0. The lowest BCUT2D eigenvalue weighted by Crippen LogP contribution is -2.39. The first-order valence-corrected chi connectivity index (χ1v) is 8.96. The Kier molecular flexibility index (Phi) is 5.01. The lowest BCUT2D eigenvalue weighted by atomic mass is 10.1. The highest BCUT2D eigenvalue weighted by Gasteiger charge is 2.43. The van der Waals surface area contributed by atoms with Crippen LogP contribution in [-0.4, -0.2) is 11.8 Å². The van der Waals surface area contributed by atoms with E-state index in [0.717, 1.165) is 10.2 Å². The summed E-state index contributed by atoms with van der Waals surface area (Å²) in [6.45, 7) is 0. The molecule has 0 heterocycles. The average molecular weight is 363 g/mol. The van der Waals surface area contributed by atoms with E-state index in [-0.39, 0.29) is 0 Å². The second-order valence-electron chi connectivity index (χ2n) is 5.43. The minimum absolute atomic E-state index is 0.354. The van der Waals surface area contributed by atoms with Crippen molar-refractivity contribution in [1.29, 1.82) is 0 Å². The molecule has 0 radical (unpaired) electrons. The summed E-state index contributed by atoms with van der Waals surface area (Å²) in [6.07, 6.45) is 1.23. The number of nitrogens with two attached hydrogens (primary N) is 1. The number of nitrogens with one attached hydrogen (secondary N) is 1. The molecule has 3 atom stereocenters. The van der Waals surface area contributed by atoms with Gasteiger partial charge in [-0.3, -0.25) is 11.3 Å². The summed E-state index contributed by atoms with van der Waals surface area (Å²) < 4.78 is 1.15. The van der Waals surface area contributed by atoms with Gasteiger partial charge in [-0.1, -0.05) is 42.5 Å². The van der Waals surface area contributed by atoms with Crippen LogP contribution in [0, 0.1) is 5.92 Å². The molecule has 0 spiro atoms. The maximum Gasteiger partial charge on any atom is 0.0338 e. The zero-order valence-corrected chi connectivity index (χ0v) is 14.1. The molecule has 1 aliphatic carbocycles. The van der Waals surface area contributed by atoms with E-state index in [0.29, 0.717) is 17.9 Å². The third-order valence-electron chi connectivity index (χ3n) is 4.05. The summed E-state index contributed by atoms with van der Waals surface area (Å²) in [5.74, 6) is 8.08. The molecule has 110 valence electrons. The van der Waals surface area contributed by atoms with Crippen molar-refractivity contribution in [3.63, 3.8) is 0 Å². The van der Waals surface area contributed by atoms with Crippen LogP contribution in [-0.2, 0) is 0 Å². The van der Waals surface area contributed by atoms with Crippen LogP contribution >= 0.6 is 27.7 Å². The maximum absolute atomic E-state index is 5.78. The molecule has 4 heteroatoms. The fraction of sp³-hybridized carbons (Fsp3) is 0.294. The van der Waals surface area contributed by atoms with Crippen molar-refractivity contribution >= 4 is 27.7 Å². The Bertz CT molecular complexity index is 590. The van der Waals surface area contributed by atoms with E-state index in [1.807, 2.05) is 17.8 Å². The van der Waals surface area contributed by atoms with Gasteiger partial charge in [0, 0.05) is 21.2 Å². The highest BCUT2D eigenvalue weighted by Crippen LogP contribution is 2.50. The van der Waals surface area contributed by atoms with Gasteiger partial charge in [0.15, 0.2) is 0 Å². The van der Waals surface area contributed by atoms with Gasteiger partial charge >= 0.3 is 0 Å². The highest BCUT2D eigenvalue weighted by molar-refractivity contribution is 9.10. The molecule has 1 fully saturated rings. The average Bonchev–Trinajstić information content (AvgIpc) is 3.31. The first-order chi connectivity index (χ1) is 10.3. The molecule has 2 aromatic carbocycles. The molecule has 3 rings (SSSR count). The van der Waals surface area contributed by atoms with E-state index in [4.69, 9.17) is 5.84 Å². The van der Waals surface area contributed by atoms with E-state index < -0.39 is 0 Å². The molecule has 0 bridgehead atoms. The van der Waals surface area contributed by atoms with Gasteiger partial charge in [0.05, 0.1) is 0 Å². The fourth-order valence-corrected chi connectivity index (χ4v) is 4.49. The number of halogens is 1. The molecule has 21 heavy (non-hydrogen) atoms. The van der Waals surface area contributed by atoms with Crippen LogP contribution in [0.4, 0.5) is 0 Å². The van der Waals surface area contributed by atoms with Gasteiger partial charge in [-0.25, -0.2) is 0 Å². The van der Waals surface area contributed by atoms with Crippen LogP contribution in [0.1, 0.15) is 17.9 Å². The Morgan fingerprint density at radius 2 is 1.86 bits per heavy atom. The van der Waals surface area contributed by atoms with Gasteiger partial charge in [0.1, 0.15) is 0 Å². The number of hydrogen-bond donors (Lipinski definition) is 2. The summed E-state index contributed by atoms with van der Waals surface area (Å²) >= 11 is 5.45. The van der Waals surface area contributed by atoms with Crippen molar-refractivity contribution < 1.29 is 0 Å². The Labute approximate surface area is 138 Å². The largest absolute Gasteiger partial charge is 0.271 e. The molecule has 2 nitrogen and oxygen atoms in total. The Hall–Kier alpha value is -0.810. The summed E-state index contributed by atoms with van der Waals surface area (Å²) in [6, 6.07) is 19.4. The topological polar surface area (TPSA) is 38.0 Å². The van der Waals surface area contributed by atoms with E-state index in [1.165, 1.54) is 16.9 Å². The SMILES string of the molecule is NNC(CSc1ccccc1Br)C1CC1c1ccccc1. The maximum atomic E-state index is 5.78. The standard InChI is InChI=1S/C17H19BrN2S/c18-15-8-4-5-9-17(15)21-11-16(20-19)14-10-13(14)12-6-2-1-3-7-12/h1-9,13-14,16,20H,10-11,19H2. The van der Waals surface area contributed by atoms with E-state index in [1.54, 1.807) is 0 Å². The number of hydrazine groups is 1.